The molecule has 3 aromatic rings. The average Bonchev–Trinajstić information content (AvgIpc) is 2.73. The first-order valence-corrected chi connectivity index (χ1v) is 10.9. The first-order valence-electron chi connectivity index (χ1n) is 10.9. The van der Waals surface area contributed by atoms with E-state index in [9.17, 15) is 9.59 Å². The van der Waals surface area contributed by atoms with Crippen molar-refractivity contribution >= 4 is 17.5 Å². The second kappa shape index (κ2) is 8.96. The number of nitrogens with zero attached hydrogens (tertiary/aromatic N) is 3. The van der Waals surface area contributed by atoms with Gasteiger partial charge in [-0.05, 0) is 60.7 Å². The fourth-order valence-corrected chi connectivity index (χ4v) is 4.22. The van der Waals surface area contributed by atoms with Crippen LogP contribution in [0.2, 0.25) is 0 Å². The number of carboxylic acid groups (broad SMARTS) is 1. The minimum atomic E-state index is -0.729. The maximum absolute atomic E-state index is 13.2. The van der Waals surface area contributed by atoms with Crippen LogP contribution in [0.1, 0.15) is 29.2 Å². The van der Waals surface area contributed by atoms with Crippen molar-refractivity contribution in [3.05, 3.63) is 81.4 Å². The molecule has 0 amide bonds. The summed E-state index contributed by atoms with van der Waals surface area (Å²) in [6.45, 7) is 8.01. The number of carboxylic acids is 1. The van der Waals surface area contributed by atoms with Crippen molar-refractivity contribution < 1.29 is 9.90 Å². The van der Waals surface area contributed by atoms with Crippen LogP contribution < -0.4 is 10.9 Å². The largest absolute Gasteiger partial charge is 0.481 e. The Morgan fingerprint density at radius 3 is 2.53 bits per heavy atom. The van der Waals surface area contributed by atoms with Crippen molar-refractivity contribution in [3.8, 4) is 5.69 Å². The second-order valence-corrected chi connectivity index (χ2v) is 8.37. The Kier molecular flexibility index (Phi) is 6.10. The monoisotopic (exact) mass is 432 g/mol. The third-order valence-electron chi connectivity index (χ3n) is 6.14. The molecule has 166 valence electrons. The van der Waals surface area contributed by atoms with Crippen molar-refractivity contribution in [1.82, 2.24) is 14.5 Å². The van der Waals surface area contributed by atoms with Gasteiger partial charge in [-0.1, -0.05) is 25.1 Å². The Morgan fingerprint density at radius 2 is 1.88 bits per heavy atom. The highest BCUT2D eigenvalue weighted by Gasteiger charge is 2.32. The summed E-state index contributed by atoms with van der Waals surface area (Å²) in [6, 6.07) is 11.9. The standard InChI is InChI=1S/C25H28N4O3/c1-4-18-7-5-6-8-22(18)27-23-24(30)29(10-9-26-23)20-11-16(2)21(17(3)12-20)15-28-13-19(14-28)25(31)32/h5-12,19H,4,13-15H2,1-3H3,(H,26,27)(H,31,32). The second-order valence-electron chi connectivity index (χ2n) is 8.37. The van der Waals surface area contributed by atoms with Gasteiger partial charge >= 0.3 is 5.97 Å². The number of nitrogens with one attached hydrogen (secondary N) is 1. The molecule has 0 saturated carbocycles. The number of aryl methyl sites for hydroxylation is 3. The van der Waals surface area contributed by atoms with Crippen molar-refractivity contribution in [2.45, 2.75) is 33.7 Å². The van der Waals surface area contributed by atoms with Crippen molar-refractivity contribution in [1.29, 1.82) is 0 Å². The molecular weight excluding hydrogens is 404 g/mol. The number of aromatic nitrogens is 2. The van der Waals surface area contributed by atoms with E-state index in [1.807, 2.05) is 50.2 Å². The van der Waals surface area contributed by atoms with Crippen LogP contribution in [0, 0.1) is 19.8 Å². The van der Waals surface area contributed by atoms with Gasteiger partial charge in [0.05, 0.1) is 5.92 Å². The minimum absolute atomic E-state index is 0.211. The quantitative estimate of drug-likeness (QED) is 0.592. The molecule has 1 aromatic heterocycles. The molecule has 1 fully saturated rings. The lowest BCUT2D eigenvalue weighted by Crippen LogP contribution is -2.49. The summed E-state index contributed by atoms with van der Waals surface area (Å²) in [7, 11) is 0. The van der Waals surface area contributed by atoms with Crippen LogP contribution in [0.25, 0.3) is 5.69 Å². The third-order valence-corrected chi connectivity index (χ3v) is 6.14. The van der Waals surface area contributed by atoms with Crippen LogP contribution in [0.15, 0.2) is 53.6 Å². The van der Waals surface area contributed by atoms with Gasteiger partial charge in [-0.25, -0.2) is 4.98 Å². The fraction of sp³-hybridized carbons (Fsp3) is 0.320. The van der Waals surface area contributed by atoms with Crippen LogP contribution in [-0.4, -0.2) is 38.6 Å². The number of benzene rings is 2. The summed E-state index contributed by atoms with van der Waals surface area (Å²) < 4.78 is 1.61. The molecule has 0 aliphatic carbocycles. The van der Waals surface area contributed by atoms with Gasteiger partial charge in [0, 0.05) is 43.4 Å². The lowest BCUT2D eigenvalue weighted by Gasteiger charge is -2.37. The maximum atomic E-state index is 13.2. The Labute approximate surface area is 187 Å². The normalized spacial score (nSPS) is 14.2. The van der Waals surface area contributed by atoms with Gasteiger partial charge in [0.25, 0.3) is 5.56 Å². The summed E-state index contributed by atoms with van der Waals surface area (Å²) in [5.41, 5.74) is 5.91. The number of para-hydroxylation sites is 1. The van der Waals surface area contributed by atoms with Gasteiger partial charge in [0.1, 0.15) is 0 Å². The molecule has 1 saturated heterocycles. The van der Waals surface area contributed by atoms with E-state index in [1.165, 1.54) is 5.56 Å². The van der Waals surface area contributed by atoms with Gasteiger partial charge in [0.2, 0.25) is 0 Å². The predicted octanol–water partition coefficient (Wildman–Crippen LogP) is 3.67. The molecule has 2 aromatic carbocycles. The molecule has 0 unspecified atom stereocenters. The predicted molar refractivity (Wildman–Crippen MR) is 125 cm³/mol. The summed E-state index contributed by atoms with van der Waals surface area (Å²) >= 11 is 0. The smallest absolute Gasteiger partial charge is 0.309 e. The summed E-state index contributed by atoms with van der Waals surface area (Å²) in [5.74, 6) is -0.713. The number of hydrogen-bond acceptors (Lipinski definition) is 5. The van der Waals surface area contributed by atoms with E-state index in [0.717, 1.165) is 34.5 Å². The number of likely N-dealkylation sites (tertiary alicyclic amines) is 1. The molecule has 2 N–H and O–H groups in total. The first-order chi connectivity index (χ1) is 15.4. The van der Waals surface area contributed by atoms with E-state index in [0.29, 0.717) is 19.6 Å². The number of aliphatic carboxylic acids is 1. The molecule has 7 nitrogen and oxygen atoms in total. The van der Waals surface area contributed by atoms with Gasteiger partial charge in [-0.3, -0.25) is 19.1 Å². The Balaban J connectivity index is 1.60. The van der Waals surface area contributed by atoms with E-state index in [2.05, 4.69) is 22.1 Å². The van der Waals surface area contributed by atoms with Crippen LogP contribution in [-0.2, 0) is 17.8 Å². The zero-order chi connectivity index (χ0) is 22.8. The topological polar surface area (TPSA) is 87.5 Å². The summed E-state index contributed by atoms with van der Waals surface area (Å²) in [4.78, 5) is 30.7. The molecular formula is C25H28N4O3. The van der Waals surface area contributed by atoms with Crippen molar-refractivity contribution in [2.24, 2.45) is 5.92 Å². The maximum Gasteiger partial charge on any atom is 0.309 e. The first kappa shape index (κ1) is 21.8. The van der Waals surface area contributed by atoms with Crippen molar-refractivity contribution in [2.75, 3.05) is 18.4 Å². The van der Waals surface area contributed by atoms with E-state index >= 15 is 0 Å². The number of anilines is 2. The van der Waals surface area contributed by atoms with E-state index in [-0.39, 0.29) is 17.3 Å². The Hall–Kier alpha value is -3.45. The van der Waals surface area contributed by atoms with Gasteiger partial charge in [-0.2, -0.15) is 0 Å². The molecule has 4 rings (SSSR count). The van der Waals surface area contributed by atoms with Crippen LogP contribution >= 0.6 is 0 Å². The molecule has 7 heteroatoms. The lowest BCUT2D eigenvalue weighted by molar-refractivity contribution is -0.147. The van der Waals surface area contributed by atoms with Crippen LogP contribution in [0.5, 0.6) is 0 Å². The summed E-state index contributed by atoms with van der Waals surface area (Å²) in [6.07, 6.45) is 4.16. The Bertz CT molecular complexity index is 1190. The molecule has 2 heterocycles. The fourth-order valence-electron chi connectivity index (χ4n) is 4.22. The molecule has 0 atom stereocenters. The van der Waals surface area contributed by atoms with Crippen molar-refractivity contribution in [3.63, 3.8) is 0 Å². The van der Waals surface area contributed by atoms with Gasteiger partial charge in [0.15, 0.2) is 5.82 Å². The molecule has 0 bridgehead atoms. The molecule has 1 aliphatic heterocycles. The van der Waals surface area contributed by atoms with E-state index in [1.54, 1.807) is 17.0 Å². The number of carbonyl (C=O) groups is 1. The van der Waals surface area contributed by atoms with E-state index in [4.69, 9.17) is 5.11 Å². The van der Waals surface area contributed by atoms with Crippen LogP contribution in [0.3, 0.4) is 0 Å². The Morgan fingerprint density at radius 1 is 1.19 bits per heavy atom. The zero-order valence-corrected chi connectivity index (χ0v) is 18.6. The molecule has 1 aliphatic rings. The van der Waals surface area contributed by atoms with Gasteiger partial charge < -0.3 is 10.4 Å². The van der Waals surface area contributed by atoms with E-state index < -0.39 is 5.97 Å². The SMILES string of the molecule is CCc1ccccc1Nc1nccn(-c2cc(C)c(CN3CC(C(=O)O)C3)c(C)c2)c1=O. The third kappa shape index (κ3) is 4.29. The molecule has 32 heavy (non-hydrogen) atoms. The minimum Gasteiger partial charge on any atom is -0.481 e. The van der Waals surface area contributed by atoms with Crippen LogP contribution in [0.4, 0.5) is 11.5 Å². The van der Waals surface area contributed by atoms with Gasteiger partial charge in [-0.15, -0.1) is 0 Å². The summed E-state index contributed by atoms with van der Waals surface area (Å²) in [5, 5.41) is 12.3. The average molecular weight is 433 g/mol. The highest BCUT2D eigenvalue weighted by molar-refractivity contribution is 5.71. The zero-order valence-electron chi connectivity index (χ0n) is 18.6. The highest BCUT2D eigenvalue weighted by atomic mass is 16.4. The molecule has 0 spiro atoms. The number of rotatable bonds is 7. The highest BCUT2D eigenvalue weighted by Crippen LogP contribution is 2.25. The number of hydrogen-bond donors (Lipinski definition) is 2. The molecule has 0 radical (unpaired) electrons. The lowest BCUT2D eigenvalue weighted by atomic mass is 9.96.